The predicted molar refractivity (Wildman–Crippen MR) is 79.8 cm³/mol. The molecule has 0 aliphatic carbocycles. The third-order valence-electron chi connectivity index (χ3n) is 2.74. The summed E-state index contributed by atoms with van der Waals surface area (Å²) >= 11 is 1.67. The third kappa shape index (κ3) is 2.63. The van der Waals surface area contributed by atoms with Gasteiger partial charge in [0.15, 0.2) is 0 Å². The van der Waals surface area contributed by atoms with Crippen molar-refractivity contribution in [2.24, 2.45) is 0 Å². The molecule has 0 saturated heterocycles. The van der Waals surface area contributed by atoms with Gasteiger partial charge in [-0.05, 0) is 31.2 Å². The number of aromatic nitrogens is 2. The number of nitrogens with zero attached hydrogens (tertiary/aromatic N) is 2. The van der Waals surface area contributed by atoms with E-state index in [-0.39, 0.29) is 0 Å². The van der Waals surface area contributed by atoms with Crippen molar-refractivity contribution in [3.05, 3.63) is 59.7 Å². The van der Waals surface area contributed by atoms with Crippen molar-refractivity contribution >= 4 is 22.8 Å². The molecule has 0 spiro atoms. The van der Waals surface area contributed by atoms with E-state index in [0.717, 1.165) is 22.1 Å². The molecule has 3 rings (SSSR count). The topological polar surface area (TPSA) is 37.8 Å². The molecule has 2 aromatic heterocycles. The Kier molecular flexibility index (Phi) is 3.25. The maximum absolute atomic E-state index is 4.64. The van der Waals surface area contributed by atoms with Crippen LogP contribution < -0.4 is 5.32 Å². The largest absolute Gasteiger partial charge is 0.339 e. The summed E-state index contributed by atoms with van der Waals surface area (Å²) in [5, 5.41) is 4.33. The molecule has 0 amide bonds. The normalized spacial score (nSPS) is 10.4. The number of anilines is 2. The number of rotatable bonds is 3. The summed E-state index contributed by atoms with van der Waals surface area (Å²) < 4.78 is 0. The molecule has 3 nitrogen and oxygen atoms in total. The Hall–Kier alpha value is -2.20. The average Bonchev–Trinajstić information content (AvgIpc) is 2.82. The number of para-hydroxylation sites is 1. The average molecular weight is 267 g/mol. The summed E-state index contributed by atoms with van der Waals surface area (Å²) in [7, 11) is 0. The van der Waals surface area contributed by atoms with Crippen molar-refractivity contribution in [3.63, 3.8) is 0 Å². The molecule has 94 valence electrons. The van der Waals surface area contributed by atoms with Crippen LogP contribution in [0.1, 0.15) is 4.88 Å². The van der Waals surface area contributed by atoms with Crippen LogP contribution in [0.25, 0.3) is 10.6 Å². The highest BCUT2D eigenvalue weighted by Gasteiger charge is 2.09. The quantitative estimate of drug-likeness (QED) is 0.770. The first kappa shape index (κ1) is 11.9. The van der Waals surface area contributed by atoms with Gasteiger partial charge in [0, 0.05) is 28.5 Å². The molecule has 4 heteroatoms. The Balaban J connectivity index is 1.90. The van der Waals surface area contributed by atoms with E-state index in [4.69, 9.17) is 0 Å². The standard InChI is InChI=1S/C15H13N3S/c1-11-14(17-13-7-3-2-4-8-13)18-15(19-11)12-6-5-9-16-10-12/h2-10,17H,1H3. The second-order valence-corrected chi connectivity index (χ2v) is 5.36. The van der Waals surface area contributed by atoms with Crippen LogP contribution in [0.4, 0.5) is 11.5 Å². The smallest absolute Gasteiger partial charge is 0.145 e. The molecule has 2 heterocycles. The van der Waals surface area contributed by atoms with E-state index in [2.05, 4.69) is 22.2 Å². The fourth-order valence-corrected chi connectivity index (χ4v) is 2.64. The lowest BCUT2D eigenvalue weighted by Crippen LogP contribution is -1.91. The zero-order valence-corrected chi connectivity index (χ0v) is 11.3. The zero-order chi connectivity index (χ0) is 13.1. The van der Waals surface area contributed by atoms with Gasteiger partial charge in [-0.15, -0.1) is 11.3 Å². The molecule has 0 aliphatic heterocycles. The van der Waals surface area contributed by atoms with E-state index in [9.17, 15) is 0 Å². The van der Waals surface area contributed by atoms with Crippen LogP contribution in [0.5, 0.6) is 0 Å². The number of aryl methyl sites for hydroxylation is 1. The molecule has 19 heavy (non-hydrogen) atoms. The highest BCUT2D eigenvalue weighted by atomic mass is 32.1. The number of hydrogen-bond acceptors (Lipinski definition) is 4. The van der Waals surface area contributed by atoms with Gasteiger partial charge in [-0.3, -0.25) is 4.98 Å². The zero-order valence-electron chi connectivity index (χ0n) is 10.5. The van der Waals surface area contributed by atoms with E-state index in [1.54, 1.807) is 17.5 Å². The molecule has 1 N–H and O–H groups in total. The molecule has 0 unspecified atom stereocenters. The minimum atomic E-state index is 0.912. The summed E-state index contributed by atoms with van der Waals surface area (Å²) in [6, 6.07) is 14.0. The Morgan fingerprint density at radius 2 is 1.89 bits per heavy atom. The van der Waals surface area contributed by atoms with Crippen molar-refractivity contribution in [1.82, 2.24) is 9.97 Å². The lowest BCUT2D eigenvalue weighted by atomic mass is 10.3. The van der Waals surface area contributed by atoms with Crippen molar-refractivity contribution in [2.75, 3.05) is 5.32 Å². The highest BCUT2D eigenvalue weighted by molar-refractivity contribution is 7.15. The van der Waals surface area contributed by atoms with Gasteiger partial charge in [-0.25, -0.2) is 4.98 Å². The van der Waals surface area contributed by atoms with Crippen molar-refractivity contribution in [2.45, 2.75) is 6.92 Å². The van der Waals surface area contributed by atoms with Crippen LogP contribution in [0.2, 0.25) is 0 Å². The van der Waals surface area contributed by atoms with Gasteiger partial charge in [0.05, 0.1) is 0 Å². The molecule has 0 atom stereocenters. The Labute approximate surface area is 116 Å². The predicted octanol–water partition coefficient (Wildman–Crippen LogP) is 4.26. The first-order chi connectivity index (χ1) is 9.33. The third-order valence-corrected chi connectivity index (χ3v) is 3.76. The second kappa shape index (κ2) is 5.20. The molecule has 3 aromatic rings. The molecule has 0 aliphatic rings. The first-order valence-electron chi connectivity index (χ1n) is 6.03. The summed E-state index contributed by atoms with van der Waals surface area (Å²) in [5.74, 6) is 0.912. The summed E-state index contributed by atoms with van der Waals surface area (Å²) in [6.07, 6.45) is 3.61. The van der Waals surface area contributed by atoms with Gasteiger partial charge < -0.3 is 5.32 Å². The number of pyridine rings is 1. The monoisotopic (exact) mass is 267 g/mol. The van der Waals surface area contributed by atoms with Crippen LogP contribution in [-0.4, -0.2) is 9.97 Å². The van der Waals surface area contributed by atoms with Crippen LogP contribution in [0.3, 0.4) is 0 Å². The fourth-order valence-electron chi connectivity index (χ4n) is 1.78. The highest BCUT2D eigenvalue weighted by Crippen LogP contribution is 2.31. The second-order valence-electron chi connectivity index (χ2n) is 4.16. The van der Waals surface area contributed by atoms with Gasteiger partial charge in [-0.2, -0.15) is 0 Å². The van der Waals surface area contributed by atoms with E-state index < -0.39 is 0 Å². The molecular weight excluding hydrogens is 254 g/mol. The van der Waals surface area contributed by atoms with Gasteiger partial charge in [0.25, 0.3) is 0 Å². The molecule has 0 radical (unpaired) electrons. The Morgan fingerprint density at radius 3 is 2.63 bits per heavy atom. The summed E-state index contributed by atoms with van der Waals surface area (Å²) in [4.78, 5) is 9.94. The lowest BCUT2D eigenvalue weighted by molar-refractivity contribution is 1.30. The minimum absolute atomic E-state index is 0.912. The van der Waals surface area contributed by atoms with Crippen LogP contribution in [0.15, 0.2) is 54.9 Å². The minimum Gasteiger partial charge on any atom is -0.339 e. The maximum Gasteiger partial charge on any atom is 0.145 e. The lowest BCUT2D eigenvalue weighted by Gasteiger charge is -2.02. The Morgan fingerprint density at radius 1 is 1.05 bits per heavy atom. The number of thiazole rings is 1. The van der Waals surface area contributed by atoms with E-state index >= 15 is 0 Å². The van der Waals surface area contributed by atoms with E-state index in [1.165, 1.54) is 4.88 Å². The number of hydrogen-bond donors (Lipinski definition) is 1. The van der Waals surface area contributed by atoms with Crippen LogP contribution in [-0.2, 0) is 0 Å². The summed E-state index contributed by atoms with van der Waals surface area (Å²) in [5.41, 5.74) is 2.10. The number of nitrogens with one attached hydrogen (secondary N) is 1. The van der Waals surface area contributed by atoms with Gasteiger partial charge >= 0.3 is 0 Å². The Bertz CT molecular complexity index is 662. The van der Waals surface area contributed by atoms with E-state index in [0.29, 0.717) is 0 Å². The van der Waals surface area contributed by atoms with E-state index in [1.807, 2.05) is 48.7 Å². The molecule has 0 saturated carbocycles. The maximum atomic E-state index is 4.64. The molecule has 1 aromatic carbocycles. The first-order valence-corrected chi connectivity index (χ1v) is 6.84. The van der Waals surface area contributed by atoms with Gasteiger partial charge in [0.2, 0.25) is 0 Å². The van der Waals surface area contributed by atoms with Crippen molar-refractivity contribution in [3.8, 4) is 10.6 Å². The van der Waals surface area contributed by atoms with Gasteiger partial charge in [0.1, 0.15) is 10.8 Å². The molecular formula is C15H13N3S. The van der Waals surface area contributed by atoms with Gasteiger partial charge in [-0.1, -0.05) is 18.2 Å². The van der Waals surface area contributed by atoms with Crippen LogP contribution in [0, 0.1) is 6.92 Å². The van der Waals surface area contributed by atoms with Crippen LogP contribution >= 0.6 is 11.3 Å². The molecule has 0 bridgehead atoms. The van der Waals surface area contributed by atoms with Crippen molar-refractivity contribution in [1.29, 1.82) is 0 Å². The van der Waals surface area contributed by atoms with Crippen molar-refractivity contribution < 1.29 is 0 Å². The SMILES string of the molecule is Cc1sc(-c2cccnc2)nc1Nc1ccccc1. The fraction of sp³-hybridized carbons (Fsp3) is 0.0667. The number of benzene rings is 1. The molecule has 0 fully saturated rings. The summed E-state index contributed by atoms with van der Waals surface area (Å²) in [6.45, 7) is 2.07.